The summed E-state index contributed by atoms with van der Waals surface area (Å²) in [7, 11) is 0. The number of nitrogens with one attached hydrogen (secondary N) is 1. The molecule has 0 saturated heterocycles. The van der Waals surface area contributed by atoms with Crippen molar-refractivity contribution in [2.75, 3.05) is 0 Å². The molecule has 2 atom stereocenters. The Morgan fingerprint density at radius 1 is 1.56 bits per heavy atom. The zero-order valence-electron chi connectivity index (χ0n) is 5.72. The molecule has 0 unspecified atom stereocenters. The summed E-state index contributed by atoms with van der Waals surface area (Å²) in [4.78, 5) is 10.9. The van der Waals surface area contributed by atoms with Crippen molar-refractivity contribution in [3.05, 3.63) is 12.3 Å². The predicted molar refractivity (Wildman–Crippen MR) is 35.9 cm³/mol. The second-order valence-corrected chi connectivity index (χ2v) is 2.48. The Hall–Kier alpha value is -0.790. The Morgan fingerprint density at radius 3 is 2.67 bits per heavy atom. The van der Waals surface area contributed by atoms with Gasteiger partial charge in [0.2, 0.25) is 0 Å². The summed E-state index contributed by atoms with van der Waals surface area (Å²) in [6, 6.07) is 0.294. The maximum absolute atomic E-state index is 10.9. The standard InChI is InChI=1S/C7H11NO/c1-5-6(2)8-4-3-7(5)9/h3-6,8H,1-2H3/t5-,6-/m0/s1. The summed E-state index contributed by atoms with van der Waals surface area (Å²) in [6.07, 6.45) is 3.30. The third-order valence-corrected chi connectivity index (χ3v) is 1.81. The van der Waals surface area contributed by atoms with Crippen molar-refractivity contribution in [3.8, 4) is 0 Å². The van der Waals surface area contributed by atoms with Gasteiger partial charge in [-0.1, -0.05) is 6.92 Å². The van der Waals surface area contributed by atoms with Gasteiger partial charge < -0.3 is 5.32 Å². The average Bonchev–Trinajstić information content (AvgIpc) is 1.83. The molecule has 0 spiro atoms. The quantitative estimate of drug-likeness (QED) is 0.516. The first-order valence-electron chi connectivity index (χ1n) is 3.18. The van der Waals surface area contributed by atoms with Crippen LogP contribution in [0.1, 0.15) is 13.8 Å². The molecule has 0 fully saturated rings. The van der Waals surface area contributed by atoms with Crippen LogP contribution in [-0.2, 0) is 4.79 Å². The second-order valence-electron chi connectivity index (χ2n) is 2.48. The number of ketones is 1. The fourth-order valence-corrected chi connectivity index (χ4v) is 0.825. The molecule has 0 aromatic heterocycles. The lowest BCUT2D eigenvalue weighted by Gasteiger charge is -2.21. The zero-order chi connectivity index (χ0) is 6.85. The molecular weight excluding hydrogens is 114 g/mol. The van der Waals surface area contributed by atoms with E-state index in [1.165, 1.54) is 0 Å². The van der Waals surface area contributed by atoms with Crippen LogP contribution in [0.3, 0.4) is 0 Å². The van der Waals surface area contributed by atoms with Crippen LogP contribution in [0.25, 0.3) is 0 Å². The van der Waals surface area contributed by atoms with Crippen LogP contribution in [0.5, 0.6) is 0 Å². The summed E-state index contributed by atoms with van der Waals surface area (Å²) in [5, 5.41) is 3.06. The van der Waals surface area contributed by atoms with E-state index in [9.17, 15) is 4.79 Å². The van der Waals surface area contributed by atoms with Crippen LogP contribution in [0.2, 0.25) is 0 Å². The van der Waals surface area contributed by atoms with Crippen LogP contribution in [0, 0.1) is 5.92 Å². The minimum Gasteiger partial charge on any atom is -0.388 e. The molecule has 2 nitrogen and oxygen atoms in total. The van der Waals surface area contributed by atoms with Gasteiger partial charge in [-0.25, -0.2) is 0 Å². The highest BCUT2D eigenvalue weighted by Crippen LogP contribution is 2.08. The third kappa shape index (κ3) is 1.12. The van der Waals surface area contributed by atoms with Crippen LogP contribution >= 0.6 is 0 Å². The van der Waals surface area contributed by atoms with E-state index in [2.05, 4.69) is 5.32 Å². The van der Waals surface area contributed by atoms with Crippen molar-refractivity contribution >= 4 is 5.78 Å². The van der Waals surface area contributed by atoms with Crippen LogP contribution in [0.15, 0.2) is 12.3 Å². The number of carbonyl (C=O) groups is 1. The van der Waals surface area contributed by atoms with Gasteiger partial charge in [-0.2, -0.15) is 0 Å². The van der Waals surface area contributed by atoms with Gasteiger partial charge in [-0.15, -0.1) is 0 Å². The highest BCUT2D eigenvalue weighted by atomic mass is 16.1. The maximum Gasteiger partial charge on any atom is 0.161 e. The molecule has 0 aromatic carbocycles. The van der Waals surface area contributed by atoms with Gasteiger partial charge in [-0.05, 0) is 13.0 Å². The molecule has 50 valence electrons. The maximum atomic E-state index is 10.9. The lowest BCUT2D eigenvalue weighted by atomic mass is 9.96. The minimum absolute atomic E-state index is 0.134. The van der Waals surface area contributed by atoms with Gasteiger partial charge in [0.15, 0.2) is 5.78 Å². The largest absolute Gasteiger partial charge is 0.388 e. The smallest absolute Gasteiger partial charge is 0.161 e. The first-order chi connectivity index (χ1) is 4.22. The van der Waals surface area contributed by atoms with Gasteiger partial charge in [0.05, 0.1) is 0 Å². The van der Waals surface area contributed by atoms with Crippen LogP contribution in [0.4, 0.5) is 0 Å². The average molecular weight is 125 g/mol. The van der Waals surface area contributed by atoms with Crippen molar-refractivity contribution in [3.63, 3.8) is 0 Å². The van der Waals surface area contributed by atoms with Crippen LogP contribution in [-0.4, -0.2) is 11.8 Å². The molecule has 1 aliphatic rings. The molecule has 0 amide bonds. The van der Waals surface area contributed by atoms with E-state index in [-0.39, 0.29) is 11.7 Å². The summed E-state index contributed by atoms with van der Waals surface area (Å²) >= 11 is 0. The van der Waals surface area contributed by atoms with Gasteiger partial charge in [-0.3, -0.25) is 4.79 Å². The lowest BCUT2D eigenvalue weighted by molar-refractivity contribution is -0.118. The number of hydrogen-bond donors (Lipinski definition) is 1. The molecule has 1 aliphatic heterocycles. The van der Waals surface area contributed by atoms with Gasteiger partial charge in [0.1, 0.15) is 0 Å². The van der Waals surface area contributed by atoms with E-state index in [0.717, 1.165) is 0 Å². The number of rotatable bonds is 0. The monoisotopic (exact) mass is 125 g/mol. The van der Waals surface area contributed by atoms with E-state index in [0.29, 0.717) is 6.04 Å². The highest BCUT2D eigenvalue weighted by molar-refractivity contribution is 5.92. The van der Waals surface area contributed by atoms with E-state index >= 15 is 0 Å². The fraction of sp³-hybridized carbons (Fsp3) is 0.571. The molecule has 0 radical (unpaired) electrons. The normalized spacial score (nSPS) is 34.2. The van der Waals surface area contributed by atoms with Crippen molar-refractivity contribution < 1.29 is 4.79 Å². The Balaban J connectivity index is 2.69. The highest BCUT2D eigenvalue weighted by Gasteiger charge is 2.19. The number of hydrogen-bond acceptors (Lipinski definition) is 2. The lowest BCUT2D eigenvalue weighted by Crippen LogP contribution is -2.36. The molecule has 0 bridgehead atoms. The van der Waals surface area contributed by atoms with E-state index in [4.69, 9.17) is 0 Å². The summed E-state index contributed by atoms with van der Waals surface area (Å²) in [5.41, 5.74) is 0. The topological polar surface area (TPSA) is 29.1 Å². The second kappa shape index (κ2) is 2.21. The summed E-state index contributed by atoms with van der Waals surface area (Å²) < 4.78 is 0. The molecule has 0 aliphatic carbocycles. The number of allylic oxidation sites excluding steroid dienone is 1. The zero-order valence-corrected chi connectivity index (χ0v) is 5.72. The molecule has 0 saturated carbocycles. The Labute approximate surface area is 54.9 Å². The Morgan fingerprint density at radius 2 is 2.22 bits per heavy atom. The first kappa shape index (κ1) is 6.33. The van der Waals surface area contributed by atoms with Crippen molar-refractivity contribution in [1.82, 2.24) is 5.32 Å². The molecule has 1 N–H and O–H groups in total. The Kier molecular flexibility index (Phi) is 1.56. The van der Waals surface area contributed by atoms with Crippen LogP contribution < -0.4 is 5.32 Å². The fourth-order valence-electron chi connectivity index (χ4n) is 0.825. The van der Waals surface area contributed by atoms with E-state index in [1.807, 2.05) is 13.8 Å². The van der Waals surface area contributed by atoms with Crippen molar-refractivity contribution in [1.29, 1.82) is 0 Å². The minimum atomic E-state index is 0.134. The van der Waals surface area contributed by atoms with Gasteiger partial charge in [0, 0.05) is 18.2 Å². The molecule has 2 heteroatoms. The van der Waals surface area contributed by atoms with Gasteiger partial charge in [0.25, 0.3) is 0 Å². The number of carbonyl (C=O) groups excluding carboxylic acids is 1. The predicted octanol–water partition coefficient (Wildman–Crippen LogP) is 0.697. The Bertz CT molecular complexity index is 151. The molecule has 9 heavy (non-hydrogen) atoms. The van der Waals surface area contributed by atoms with E-state index < -0.39 is 0 Å². The molecule has 1 heterocycles. The third-order valence-electron chi connectivity index (χ3n) is 1.81. The van der Waals surface area contributed by atoms with E-state index in [1.54, 1.807) is 12.3 Å². The first-order valence-corrected chi connectivity index (χ1v) is 3.18. The summed E-state index contributed by atoms with van der Waals surface area (Å²) in [6.45, 7) is 3.94. The molecule has 1 rings (SSSR count). The SMILES string of the molecule is C[C@@H]1NC=CC(=O)[C@H]1C. The van der Waals surface area contributed by atoms with Crippen molar-refractivity contribution in [2.45, 2.75) is 19.9 Å². The molecule has 0 aromatic rings. The van der Waals surface area contributed by atoms with Crippen molar-refractivity contribution in [2.24, 2.45) is 5.92 Å². The summed E-state index contributed by atoms with van der Waals surface area (Å²) in [5.74, 6) is 0.358. The molecular formula is C7H11NO. The van der Waals surface area contributed by atoms with Gasteiger partial charge >= 0.3 is 0 Å².